The molecule has 22 heavy (non-hydrogen) atoms. The zero-order chi connectivity index (χ0) is 15.8. The van der Waals surface area contributed by atoms with Gasteiger partial charge in [-0.25, -0.2) is 0 Å². The lowest BCUT2D eigenvalue weighted by Gasteiger charge is -2.11. The van der Waals surface area contributed by atoms with Crippen LogP contribution in [0.15, 0.2) is 23.3 Å². The fourth-order valence-electron chi connectivity index (χ4n) is 2.15. The summed E-state index contributed by atoms with van der Waals surface area (Å²) in [5.74, 6) is 1.34. The quantitative estimate of drug-likeness (QED) is 0.472. The van der Waals surface area contributed by atoms with E-state index in [1.807, 2.05) is 18.2 Å². The second kappa shape index (κ2) is 8.55. The van der Waals surface area contributed by atoms with Crippen molar-refractivity contribution in [2.45, 2.75) is 18.9 Å². The number of ether oxygens (including phenoxy) is 3. The molecular weight excluding hydrogens is 302 g/mol. The van der Waals surface area contributed by atoms with E-state index >= 15 is 0 Å². The molecule has 2 rings (SSSR count). The smallest absolute Gasteiger partial charge is 0.187 e. The first kappa shape index (κ1) is 16.5. The van der Waals surface area contributed by atoms with Gasteiger partial charge in [-0.1, -0.05) is 0 Å². The van der Waals surface area contributed by atoms with Gasteiger partial charge in [-0.15, -0.1) is 0 Å². The molecule has 1 unspecified atom stereocenters. The number of nitrogens with one attached hydrogen (secondary N) is 2. The van der Waals surface area contributed by atoms with Crippen LogP contribution in [0.25, 0.3) is 0 Å². The Morgan fingerprint density at radius 1 is 1.41 bits per heavy atom. The molecule has 120 valence electrons. The monoisotopic (exact) mass is 323 g/mol. The van der Waals surface area contributed by atoms with E-state index in [-0.39, 0.29) is 6.10 Å². The minimum atomic E-state index is 0.245. The van der Waals surface area contributed by atoms with E-state index < -0.39 is 0 Å². The van der Waals surface area contributed by atoms with Gasteiger partial charge in [0.25, 0.3) is 0 Å². The first-order valence-electron chi connectivity index (χ1n) is 7.13. The predicted octanol–water partition coefficient (Wildman–Crippen LogP) is 1.68. The fourth-order valence-corrected chi connectivity index (χ4v) is 2.29. The summed E-state index contributed by atoms with van der Waals surface area (Å²) in [6.45, 7) is 1.54. The van der Waals surface area contributed by atoms with Crippen LogP contribution < -0.4 is 20.2 Å². The SMILES string of the molecule is COc1ccc(C=NNC(=S)NCC2CCCO2)cc1OC. The van der Waals surface area contributed by atoms with Gasteiger partial charge in [-0.05, 0) is 48.8 Å². The van der Waals surface area contributed by atoms with E-state index in [2.05, 4.69) is 15.8 Å². The summed E-state index contributed by atoms with van der Waals surface area (Å²) >= 11 is 5.16. The van der Waals surface area contributed by atoms with Gasteiger partial charge in [0.05, 0.1) is 26.5 Å². The molecular formula is C15H21N3O3S. The highest BCUT2D eigenvalue weighted by Crippen LogP contribution is 2.26. The van der Waals surface area contributed by atoms with Crippen LogP contribution in [0.5, 0.6) is 11.5 Å². The Kier molecular flexibility index (Phi) is 6.42. The van der Waals surface area contributed by atoms with Gasteiger partial charge < -0.3 is 19.5 Å². The van der Waals surface area contributed by atoms with Crippen LogP contribution in [-0.4, -0.2) is 44.8 Å². The molecule has 7 heteroatoms. The van der Waals surface area contributed by atoms with E-state index in [0.717, 1.165) is 25.0 Å². The van der Waals surface area contributed by atoms with E-state index in [1.165, 1.54) is 0 Å². The van der Waals surface area contributed by atoms with Gasteiger partial charge in [0.1, 0.15) is 0 Å². The Labute approximate surface area is 135 Å². The van der Waals surface area contributed by atoms with Crippen LogP contribution in [0.2, 0.25) is 0 Å². The van der Waals surface area contributed by atoms with Crippen molar-refractivity contribution >= 4 is 23.5 Å². The van der Waals surface area contributed by atoms with Crippen LogP contribution in [0.4, 0.5) is 0 Å². The van der Waals surface area contributed by atoms with Crippen molar-refractivity contribution in [1.29, 1.82) is 0 Å². The molecule has 0 aromatic heterocycles. The Bertz CT molecular complexity index is 531. The molecule has 1 atom stereocenters. The molecule has 2 N–H and O–H groups in total. The second-order valence-electron chi connectivity index (χ2n) is 4.83. The highest BCUT2D eigenvalue weighted by atomic mass is 32.1. The number of hydrogen-bond donors (Lipinski definition) is 2. The zero-order valence-electron chi connectivity index (χ0n) is 12.8. The van der Waals surface area contributed by atoms with Crippen molar-refractivity contribution in [2.24, 2.45) is 5.10 Å². The summed E-state index contributed by atoms with van der Waals surface area (Å²) in [5.41, 5.74) is 3.66. The fraction of sp³-hybridized carbons (Fsp3) is 0.467. The molecule has 0 saturated carbocycles. The Hall–Kier alpha value is -1.86. The minimum absolute atomic E-state index is 0.245. The number of hydrogen-bond acceptors (Lipinski definition) is 5. The lowest BCUT2D eigenvalue weighted by molar-refractivity contribution is 0.114. The summed E-state index contributed by atoms with van der Waals surface area (Å²) in [6, 6.07) is 5.55. The third-order valence-electron chi connectivity index (χ3n) is 3.30. The lowest BCUT2D eigenvalue weighted by Crippen LogP contribution is -2.37. The molecule has 1 heterocycles. The Balaban J connectivity index is 1.79. The number of thiocarbonyl (C=S) groups is 1. The summed E-state index contributed by atoms with van der Waals surface area (Å²) < 4.78 is 15.9. The first-order chi connectivity index (χ1) is 10.7. The molecule has 0 aliphatic carbocycles. The molecule has 0 bridgehead atoms. The Morgan fingerprint density at radius 3 is 2.91 bits per heavy atom. The molecule has 1 aromatic carbocycles. The van der Waals surface area contributed by atoms with Gasteiger partial charge in [0.15, 0.2) is 16.6 Å². The first-order valence-corrected chi connectivity index (χ1v) is 7.54. The van der Waals surface area contributed by atoms with Crippen LogP contribution in [0.1, 0.15) is 18.4 Å². The summed E-state index contributed by atoms with van der Waals surface area (Å²) in [6.07, 6.45) is 4.10. The highest BCUT2D eigenvalue weighted by Gasteiger charge is 2.14. The molecule has 0 spiro atoms. The topological polar surface area (TPSA) is 64.1 Å². The standard InChI is InChI=1S/C15H21N3O3S/c1-19-13-6-5-11(8-14(13)20-2)9-17-18-15(22)16-10-12-4-3-7-21-12/h5-6,8-9,12H,3-4,7,10H2,1-2H3,(H2,16,18,22). The van der Waals surface area contributed by atoms with Gasteiger partial charge in [-0.2, -0.15) is 5.10 Å². The molecule has 1 saturated heterocycles. The summed E-state index contributed by atoms with van der Waals surface area (Å²) in [4.78, 5) is 0. The maximum Gasteiger partial charge on any atom is 0.187 e. The predicted molar refractivity (Wildman–Crippen MR) is 89.9 cm³/mol. The largest absolute Gasteiger partial charge is 0.493 e. The van der Waals surface area contributed by atoms with E-state index in [9.17, 15) is 0 Å². The molecule has 1 aliphatic heterocycles. The molecule has 1 aromatic rings. The molecule has 6 nitrogen and oxygen atoms in total. The van der Waals surface area contributed by atoms with Gasteiger partial charge in [-0.3, -0.25) is 5.43 Å². The number of hydrazone groups is 1. The van der Waals surface area contributed by atoms with Crippen LogP contribution in [0.3, 0.4) is 0 Å². The second-order valence-corrected chi connectivity index (χ2v) is 5.24. The van der Waals surface area contributed by atoms with Crippen molar-refractivity contribution in [2.75, 3.05) is 27.4 Å². The van der Waals surface area contributed by atoms with E-state index in [1.54, 1.807) is 20.4 Å². The van der Waals surface area contributed by atoms with Crippen LogP contribution in [0, 0.1) is 0 Å². The van der Waals surface area contributed by atoms with Crippen molar-refractivity contribution in [3.8, 4) is 11.5 Å². The van der Waals surface area contributed by atoms with E-state index in [0.29, 0.717) is 23.2 Å². The average Bonchev–Trinajstić information content (AvgIpc) is 3.06. The molecule has 0 amide bonds. The van der Waals surface area contributed by atoms with E-state index in [4.69, 9.17) is 26.4 Å². The van der Waals surface area contributed by atoms with Gasteiger partial charge in [0, 0.05) is 13.2 Å². The van der Waals surface area contributed by atoms with Gasteiger partial charge in [0.2, 0.25) is 0 Å². The lowest BCUT2D eigenvalue weighted by atomic mass is 10.2. The minimum Gasteiger partial charge on any atom is -0.493 e. The number of nitrogens with zero attached hydrogens (tertiary/aromatic N) is 1. The zero-order valence-corrected chi connectivity index (χ0v) is 13.6. The maximum atomic E-state index is 5.51. The summed E-state index contributed by atoms with van der Waals surface area (Å²) in [5, 5.41) is 7.67. The maximum absolute atomic E-state index is 5.51. The van der Waals surface area contributed by atoms with Gasteiger partial charge >= 0.3 is 0 Å². The summed E-state index contributed by atoms with van der Waals surface area (Å²) in [7, 11) is 3.20. The van der Waals surface area contributed by atoms with Crippen LogP contribution >= 0.6 is 12.2 Å². The number of rotatable bonds is 6. The highest BCUT2D eigenvalue weighted by molar-refractivity contribution is 7.80. The Morgan fingerprint density at radius 2 is 2.23 bits per heavy atom. The third-order valence-corrected chi connectivity index (χ3v) is 3.54. The van der Waals surface area contributed by atoms with Crippen molar-refractivity contribution in [3.63, 3.8) is 0 Å². The van der Waals surface area contributed by atoms with Crippen molar-refractivity contribution < 1.29 is 14.2 Å². The number of methoxy groups -OCH3 is 2. The molecule has 1 aliphatic rings. The van der Waals surface area contributed by atoms with Crippen molar-refractivity contribution in [3.05, 3.63) is 23.8 Å². The molecule has 1 fully saturated rings. The normalized spacial score (nSPS) is 17.5. The average molecular weight is 323 g/mol. The number of benzene rings is 1. The molecule has 0 radical (unpaired) electrons. The third kappa shape index (κ3) is 4.85. The van der Waals surface area contributed by atoms with Crippen LogP contribution in [-0.2, 0) is 4.74 Å². The van der Waals surface area contributed by atoms with Crippen molar-refractivity contribution in [1.82, 2.24) is 10.7 Å².